The monoisotopic (exact) mass is 396 g/mol. The minimum absolute atomic E-state index is 0.00984. The minimum atomic E-state index is -4.53. The highest BCUT2D eigenvalue weighted by molar-refractivity contribution is 5.95. The number of hydrogen-bond donors (Lipinski definition) is 2. The molecule has 2 N–H and O–H groups in total. The third-order valence-electron chi connectivity index (χ3n) is 4.27. The molecule has 1 unspecified atom stereocenters. The van der Waals surface area contributed by atoms with Gasteiger partial charge in [-0.05, 0) is 18.1 Å². The van der Waals surface area contributed by atoms with Crippen molar-refractivity contribution in [1.29, 1.82) is 0 Å². The summed E-state index contributed by atoms with van der Waals surface area (Å²) < 4.78 is 41.2. The number of nitrogens with zero attached hydrogens (tertiary/aromatic N) is 1. The number of alkyl halides is 3. The van der Waals surface area contributed by atoms with Gasteiger partial charge in [-0.1, -0.05) is 37.3 Å². The Labute approximate surface area is 159 Å². The zero-order chi connectivity index (χ0) is 20.8. The lowest BCUT2D eigenvalue weighted by atomic mass is 9.78. The number of carboxylic acid groups (broad SMARTS) is 1. The number of pyridine rings is 1. The number of amides is 1. The van der Waals surface area contributed by atoms with E-state index in [0.717, 1.165) is 12.3 Å². The maximum Gasteiger partial charge on any atom is 0.422 e. The van der Waals surface area contributed by atoms with E-state index in [1.807, 2.05) is 0 Å². The van der Waals surface area contributed by atoms with Crippen LogP contribution in [0.4, 0.5) is 13.2 Å². The van der Waals surface area contributed by atoms with Crippen LogP contribution in [-0.2, 0) is 10.2 Å². The fourth-order valence-electron chi connectivity index (χ4n) is 2.66. The number of carboxylic acids is 1. The highest BCUT2D eigenvalue weighted by Gasteiger charge is 2.39. The average Bonchev–Trinajstić information content (AvgIpc) is 2.67. The van der Waals surface area contributed by atoms with Gasteiger partial charge >= 0.3 is 12.1 Å². The normalized spacial score (nSPS) is 13.4. The number of carbonyl (C=O) groups excluding carboxylic acids is 1. The van der Waals surface area contributed by atoms with Gasteiger partial charge in [0.25, 0.3) is 5.91 Å². The van der Waals surface area contributed by atoms with Crippen molar-refractivity contribution >= 4 is 11.9 Å². The SMILES string of the molecule is CCC(CNC(=O)c1ccnc(OCC(F)(F)F)c1)(C(=O)O)c1ccccc1. The van der Waals surface area contributed by atoms with Crippen molar-refractivity contribution < 1.29 is 32.6 Å². The molecule has 0 fully saturated rings. The van der Waals surface area contributed by atoms with E-state index >= 15 is 0 Å². The van der Waals surface area contributed by atoms with Gasteiger partial charge in [0, 0.05) is 24.4 Å². The molecule has 28 heavy (non-hydrogen) atoms. The fourth-order valence-corrected chi connectivity index (χ4v) is 2.66. The van der Waals surface area contributed by atoms with Crippen molar-refractivity contribution in [2.75, 3.05) is 13.2 Å². The molecule has 2 aromatic rings. The molecule has 0 spiro atoms. The van der Waals surface area contributed by atoms with E-state index in [1.54, 1.807) is 37.3 Å². The Morgan fingerprint density at radius 2 is 1.86 bits per heavy atom. The van der Waals surface area contributed by atoms with Crippen LogP contribution in [0.25, 0.3) is 0 Å². The summed E-state index contributed by atoms with van der Waals surface area (Å²) in [5, 5.41) is 12.3. The van der Waals surface area contributed by atoms with E-state index < -0.39 is 30.1 Å². The lowest BCUT2D eigenvalue weighted by molar-refractivity contribution is -0.154. The molecular weight excluding hydrogens is 377 g/mol. The van der Waals surface area contributed by atoms with Gasteiger partial charge in [0.2, 0.25) is 5.88 Å². The molecule has 0 saturated carbocycles. The zero-order valence-corrected chi connectivity index (χ0v) is 15.0. The molecule has 6 nitrogen and oxygen atoms in total. The first kappa shape index (κ1) is 21.2. The van der Waals surface area contributed by atoms with Crippen LogP contribution in [0, 0.1) is 0 Å². The first-order chi connectivity index (χ1) is 13.2. The number of halogens is 3. The van der Waals surface area contributed by atoms with Crippen LogP contribution in [0.5, 0.6) is 5.88 Å². The maximum atomic E-state index is 12.4. The molecule has 1 aromatic carbocycles. The van der Waals surface area contributed by atoms with Gasteiger partial charge in [0.15, 0.2) is 6.61 Å². The largest absolute Gasteiger partial charge is 0.481 e. The number of aromatic nitrogens is 1. The van der Waals surface area contributed by atoms with Gasteiger partial charge in [-0.2, -0.15) is 13.2 Å². The Morgan fingerprint density at radius 3 is 2.43 bits per heavy atom. The summed E-state index contributed by atoms with van der Waals surface area (Å²) in [7, 11) is 0. The highest BCUT2D eigenvalue weighted by atomic mass is 19.4. The predicted octanol–water partition coefficient (Wildman–Crippen LogP) is 3.19. The van der Waals surface area contributed by atoms with Crippen molar-refractivity contribution in [2.24, 2.45) is 0 Å². The molecule has 0 aliphatic rings. The van der Waals surface area contributed by atoms with Gasteiger partial charge in [0.05, 0.1) is 0 Å². The molecule has 1 aromatic heterocycles. The summed E-state index contributed by atoms with van der Waals surface area (Å²) in [4.78, 5) is 28.0. The summed E-state index contributed by atoms with van der Waals surface area (Å²) in [6.07, 6.45) is -3.16. The molecule has 1 atom stereocenters. The van der Waals surface area contributed by atoms with E-state index in [-0.39, 0.29) is 24.4 Å². The van der Waals surface area contributed by atoms with Crippen LogP contribution in [-0.4, -0.2) is 41.3 Å². The summed E-state index contributed by atoms with van der Waals surface area (Å²) in [6.45, 7) is -0.0252. The number of benzene rings is 1. The number of nitrogens with one attached hydrogen (secondary N) is 1. The standard InChI is InChI=1S/C19H19F3N2O4/c1-2-18(17(26)27,14-6-4-3-5-7-14)11-24-16(25)13-8-9-23-15(10-13)28-12-19(20,21)22/h3-10H,2,11-12H2,1H3,(H,24,25)(H,26,27). The second-order valence-corrected chi connectivity index (χ2v) is 6.08. The van der Waals surface area contributed by atoms with Crippen LogP contribution in [0.3, 0.4) is 0 Å². The van der Waals surface area contributed by atoms with E-state index in [9.17, 15) is 27.9 Å². The Hall–Kier alpha value is -3.10. The molecule has 0 radical (unpaired) electrons. The number of carbonyl (C=O) groups is 2. The third kappa shape index (κ3) is 5.21. The molecule has 150 valence electrons. The Morgan fingerprint density at radius 1 is 1.18 bits per heavy atom. The van der Waals surface area contributed by atoms with Crippen molar-refractivity contribution in [3.63, 3.8) is 0 Å². The molecule has 0 aliphatic heterocycles. The van der Waals surface area contributed by atoms with E-state index in [0.29, 0.717) is 5.56 Å². The predicted molar refractivity (Wildman–Crippen MR) is 94.2 cm³/mol. The Balaban J connectivity index is 2.14. The van der Waals surface area contributed by atoms with Gasteiger partial charge in [0.1, 0.15) is 5.41 Å². The first-order valence-corrected chi connectivity index (χ1v) is 8.40. The van der Waals surface area contributed by atoms with E-state index in [1.165, 1.54) is 6.07 Å². The van der Waals surface area contributed by atoms with E-state index in [2.05, 4.69) is 15.0 Å². The second-order valence-electron chi connectivity index (χ2n) is 6.08. The molecular formula is C19H19F3N2O4. The quantitative estimate of drug-likeness (QED) is 0.716. The molecule has 0 aliphatic carbocycles. The highest BCUT2D eigenvalue weighted by Crippen LogP contribution is 2.28. The van der Waals surface area contributed by atoms with Crippen molar-refractivity contribution in [2.45, 2.75) is 24.9 Å². The average molecular weight is 396 g/mol. The summed E-state index contributed by atoms with van der Waals surface area (Å²) in [5.74, 6) is -2.09. The summed E-state index contributed by atoms with van der Waals surface area (Å²) in [5.41, 5.74) is -0.788. The van der Waals surface area contributed by atoms with Gasteiger partial charge in [-0.3, -0.25) is 9.59 Å². The molecule has 1 heterocycles. The van der Waals surface area contributed by atoms with Crippen LogP contribution in [0.2, 0.25) is 0 Å². The fraction of sp³-hybridized carbons (Fsp3) is 0.316. The Kier molecular flexibility index (Phi) is 6.61. The Bertz CT molecular complexity index is 827. The zero-order valence-electron chi connectivity index (χ0n) is 15.0. The first-order valence-electron chi connectivity index (χ1n) is 8.40. The summed E-state index contributed by atoms with van der Waals surface area (Å²) >= 11 is 0. The molecule has 0 saturated heterocycles. The number of rotatable bonds is 8. The van der Waals surface area contributed by atoms with Gasteiger partial charge < -0.3 is 15.2 Å². The maximum absolute atomic E-state index is 12.4. The number of aliphatic carboxylic acids is 1. The molecule has 0 bridgehead atoms. The van der Waals surface area contributed by atoms with Crippen LogP contribution >= 0.6 is 0 Å². The smallest absolute Gasteiger partial charge is 0.422 e. The van der Waals surface area contributed by atoms with E-state index in [4.69, 9.17) is 0 Å². The second kappa shape index (κ2) is 8.73. The van der Waals surface area contributed by atoms with Crippen molar-refractivity contribution in [3.8, 4) is 5.88 Å². The minimum Gasteiger partial charge on any atom is -0.481 e. The molecule has 2 rings (SSSR count). The molecule has 1 amide bonds. The van der Waals surface area contributed by atoms with Gasteiger partial charge in [-0.25, -0.2) is 4.98 Å². The van der Waals surface area contributed by atoms with Gasteiger partial charge in [-0.15, -0.1) is 0 Å². The van der Waals surface area contributed by atoms with Crippen molar-refractivity contribution in [1.82, 2.24) is 10.3 Å². The number of hydrogen-bond acceptors (Lipinski definition) is 4. The summed E-state index contributed by atoms with van der Waals surface area (Å²) in [6, 6.07) is 10.9. The number of ether oxygens (including phenoxy) is 1. The van der Waals surface area contributed by atoms with Crippen LogP contribution < -0.4 is 10.1 Å². The molecule has 9 heteroatoms. The lowest BCUT2D eigenvalue weighted by Gasteiger charge is -2.29. The van der Waals surface area contributed by atoms with Crippen LogP contribution in [0.15, 0.2) is 48.7 Å². The van der Waals surface area contributed by atoms with Crippen molar-refractivity contribution in [3.05, 3.63) is 59.8 Å². The topological polar surface area (TPSA) is 88.5 Å². The lowest BCUT2D eigenvalue weighted by Crippen LogP contribution is -2.46. The van der Waals surface area contributed by atoms with Crippen LogP contribution in [0.1, 0.15) is 29.3 Å². The third-order valence-corrected chi connectivity index (χ3v) is 4.27.